The fraction of sp³-hybridized carbons (Fsp3) is 0.614. The normalized spacial score (nSPS) is 23.9. The lowest BCUT2D eigenvalue weighted by Gasteiger charge is -2.37. The van der Waals surface area contributed by atoms with Crippen molar-refractivity contribution in [1.29, 1.82) is 0 Å². The highest BCUT2D eigenvalue weighted by atomic mass is 35.5. The molecule has 4 N–H and O–H groups in total. The Morgan fingerprint density at radius 3 is 1.87 bits per heavy atom. The minimum Gasteiger partial charge on any atom is -0.385 e. The molecule has 3 fully saturated rings. The second-order valence-corrected chi connectivity index (χ2v) is 22.6. The molecule has 0 unspecified atom stereocenters. The van der Waals surface area contributed by atoms with Crippen molar-refractivity contribution < 1.29 is 30.4 Å². The third-order valence-electron chi connectivity index (χ3n) is 11.5. The lowest BCUT2D eigenvalue weighted by Crippen LogP contribution is -2.46. The number of nitrogens with one attached hydrogen (secondary N) is 4. The molecule has 1 aliphatic heterocycles. The van der Waals surface area contributed by atoms with Crippen molar-refractivity contribution in [2.75, 3.05) is 41.7 Å². The van der Waals surface area contributed by atoms with Gasteiger partial charge in [0.05, 0.1) is 27.9 Å². The van der Waals surface area contributed by atoms with Crippen molar-refractivity contribution in [3.63, 3.8) is 0 Å². The highest BCUT2D eigenvalue weighted by Crippen LogP contribution is 2.30. The molecule has 11 nitrogen and oxygen atoms in total. The van der Waals surface area contributed by atoms with Gasteiger partial charge in [0, 0.05) is 67.1 Å². The zero-order valence-electron chi connectivity index (χ0n) is 36.2. The summed E-state index contributed by atoms with van der Waals surface area (Å²) in [6.07, 6.45) is 9.09. The zero-order chi connectivity index (χ0) is 43.0. The van der Waals surface area contributed by atoms with Crippen LogP contribution >= 0.6 is 12.4 Å². The molecule has 3 aromatic rings. The van der Waals surface area contributed by atoms with Gasteiger partial charge in [-0.3, -0.25) is 4.98 Å². The minimum atomic E-state index is -3.31. The summed E-state index contributed by atoms with van der Waals surface area (Å²) in [5.41, 5.74) is 3.63. The maximum absolute atomic E-state index is 14.3. The number of hydrogen-bond donors (Lipinski definition) is 4. The summed E-state index contributed by atoms with van der Waals surface area (Å²) in [5, 5.41) is 6.40. The third kappa shape index (κ3) is 14.5. The first-order valence-corrected chi connectivity index (χ1v) is 24.2. The van der Waals surface area contributed by atoms with E-state index in [2.05, 4.69) is 30.0 Å². The predicted octanol–water partition coefficient (Wildman–Crippen LogP) is 8.74. The Hall–Kier alpha value is -3.08. The van der Waals surface area contributed by atoms with Gasteiger partial charge in [-0.05, 0) is 160 Å². The molecule has 0 bridgehead atoms. The van der Waals surface area contributed by atoms with Crippen molar-refractivity contribution in [3.05, 3.63) is 72.4 Å². The van der Waals surface area contributed by atoms with Crippen LogP contribution in [0.25, 0.3) is 11.3 Å². The summed E-state index contributed by atoms with van der Waals surface area (Å²) >= 11 is 0. The number of ether oxygens (including phenoxy) is 1. The van der Waals surface area contributed by atoms with E-state index in [0.717, 1.165) is 94.6 Å². The summed E-state index contributed by atoms with van der Waals surface area (Å²) in [5.74, 6) is 0.392. The maximum Gasteiger partial charge on any atom is 0.216 e. The molecule has 2 heterocycles. The minimum absolute atomic E-state index is 0. The first kappa shape index (κ1) is 49.6. The van der Waals surface area contributed by atoms with E-state index < -0.39 is 30.0 Å². The molecular formula is C44H67ClF2N6O5S2. The van der Waals surface area contributed by atoms with E-state index in [4.69, 9.17) is 4.74 Å². The van der Waals surface area contributed by atoms with Crippen molar-refractivity contribution in [2.24, 2.45) is 11.8 Å². The predicted molar refractivity (Wildman–Crippen MR) is 243 cm³/mol. The molecule has 2 aliphatic carbocycles. The molecule has 0 amide bonds. The Balaban J connectivity index is 0.000000260. The van der Waals surface area contributed by atoms with Gasteiger partial charge in [-0.1, -0.05) is 6.07 Å². The molecule has 1 saturated heterocycles. The molecule has 3 aliphatic rings. The van der Waals surface area contributed by atoms with Gasteiger partial charge in [-0.15, -0.1) is 12.4 Å². The zero-order valence-corrected chi connectivity index (χ0v) is 38.7. The maximum atomic E-state index is 14.3. The molecule has 60 heavy (non-hydrogen) atoms. The number of sulfonamides is 2. The number of nitrogens with zero attached hydrogens (tertiary/aromatic N) is 2. The van der Waals surface area contributed by atoms with Crippen LogP contribution in [0.5, 0.6) is 0 Å². The Morgan fingerprint density at radius 2 is 1.33 bits per heavy atom. The number of rotatable bonds is 13. The van der Waals surface area contributed by atoms with Crippen molar-refractivity contribution in [3.8, 4) is 11.3 Å². The van der Waals surface area contributed by atoms with Crippen LogP contribution in [0.3, 0.4) is 0 Å². The van der Waals surface area contributed by atoms with E-state index >= 15 is 0 Å². The van der Waals surface area contributed by atoms with Crippen molar-refractivity contribution >= 4 is 49.5 Å². The average Bonchev–Trinajstić information content (AvgIpc) is 3.17. The molecule has 2 aromatic carbocycles. The quantitative estimate of drug-likeness (QED) is 0.133. The first-order valence-electron chi connectivity index (χ1n) is 21.2. The molecular weight excluding hydrogens is 830 g/mol. The van der Waals surface area contributed by atoms with Gasteiger partial charge in [0.15, 0.2) is 0 Å². The monoisotopic (exact) mass is 896 g/mol. The van der Waals surface area contributed by atoms with Crippen molar-refractivity contribution in [1.82, 2.24) is 14.4 Å². The lowest BCUT2D eigenvalue weighted by atomic mass is 9.86. The fourth-order valence-corrected chi connectivity index (χ4v) is 9.86. The van der Waals surface area contributed by atoms with E-state index in [-0.39, 0.29) is 48.3 Å². The molecule has 16 heteroatoms. The standard InChI is InChI=1S/C22H36FN3O3S.C22H30FN3O2S.ClH/c1-15(2)30(27,28)25-20-7-5-18(6-8-20)12-24-21-9-19(23)10-22(11-21)26-13-16(3)29-17(4)14-26;1-22(2,3)29(27,28)26-17-9-7-16(8-10-17)15-25-18-11-12-20(23)19(14-18)21-6-4-5-13-24-21;/h9-11,15-18,20,24-25H,5-8,12-14H2,1-4H3;4-6,11-14,16-17,25-26H,7-10,15H2,1-3H3;1H/t16-,17+,18?,20?;;. The van der Waals surface area contributed by atoms with E-state index in [1.807, 2.05) is 26.0 Å². The van der Waals surface area contributed by atoms with Crippen LogP contribution < -0.4 is 25.0 Å². The molecule has 336 valence electrons. The number of halogens is 3. The number of morpholine rings is 1. The van der Waals surface area contributed by atoms with Crippen LogP contribution in [0.2, 0.25) is 0 Å². The largest absolute Gasteiger partial charge is 0.385 e. The molecule has 0 spiro atoms. The van der Waals surface area contributed by atoms with Gasteiger partial charge < -0.3 is 20.3 Å². The van der Waals surface area contributed by atoms with Crippen molar-refractivity contribution in [2.45, 2.75) is 134 Å². The van der Waals surface area contributed by atoms with Gasteiger partial charge in [-0.25, -0.2) is 35.1 Å². The third-order valence-corrected chi connectivity index (χ3v) is 15.7. The topological polar surface area (TPSA) is 142 Å². The molecule has 6 rings (SSSR count). The Morgan fingerprint density at radius 1 is 0.767 bits per heavy atom. The first-order chi connectivity index (χ1) is 27.8. The summed E-state index contributed by atoms with van der Waals surface area (Å²) in [4.78, 5) is 6.41. The second kappa shape index (κ2) is 21.8. The van der Waals surface area contributed by atoms with E-state index in [1.54, 1.807) is 77.2 Å². The summed E-state index contributed by atoms with van der Waals surface area (Å²) in [7, 11) is -6.53. The Labute approximate surface area is 364 Å². The SMILES string of the molecule is CC(C)(C)S(=O)(=O)NC1CCC(CNc2ccc(F)c(-c3ccccn3)c2)CC1.CC(C)S(=O)(=O)NC1CCC(CNc2cc(F)cc(N3C[C@@H](C)O[C@@H](C)C3)c2)CC1.Cl. The van der Waals surface area contributed by atoms with E-state index in [1.165, 1.54) is 6.07 Å². The van der Waals surface area contributed by atoms with Gasteiger partial charge in [0.1, 0.15) is 11.6 Å². The highest BCUT2D eigenvalue weighted by molar-refractivity contribution is 7.90. The fourth-order valence-electron chi connectivity index (χ4n) is 7.86. The summed E-state index contributed by atoms with van der Waals surface area (Å²) < 4.78 is 87.9. The van der Waals surface area contributed by atoms with E-state index in [9.17, 15) is 25.6 Å². The van der Waals surface area contributed by atoms with Crippen LogP contribution in [-0.2, 0) is 24.8 Å². The molecule has 2 saturated carbocycles. The Kier molecular flexibility index (Phi) is 18.0. The van der Waals surface area contributed by atoms with Gasteiger partial charge >= 0.3 is 0 Å². The van der Waals surface area contributed by atoms with Crippen LogP contribution in [0.4, 0.5) is 25.8 Å². The molecule has 0 radical (unpaired) electrons. The summed E-state index contributed by atoms with van der Waals surface area (Å²) in [6, 6.07) is 15.6. The Bertz CT molecular complexity index is 2020. The van der Waals surface area contributed by atoms with Crippen LogP contribution in [0.15, 0.2) is 60.8 Å². The highest BCUT2D eigenvalue weighted by Gasteiger charge is 2.33. The molecule has 2 atom stereocenters. The second-order valence-electron chi connectivity index (χ2n) is 17.9. The van der Waals surface area contributed by atoms with Crippen LogP contribution in [-0.4, -0.2) is 82.3 Å². The number of benzene rings is 2. The number of anilines is 3. The molecule has 1 aromatic heterocycles. The van der Waals surface area contributed by atoms with E-state index in [0.29, 0.717) is 23.1 Å². The van der Waals surface area contributed by atoms with Gasteiger partial charge in [-0.2, -0.15) is 0 Å². The average molecular weight is 898 g/mol. The van der Waals surface area contributed by atoms with Gasteiger partial charge in [0.25, 0.3) is 0 Å². The van der Waals surface area contributed by atoms with Gasteiger partial charge in [0.2, 0.25) is 20.0 Å². The number of aromatic nitrogens is 1. The smallest absolute Gasteiger partial charge is 0.216 e. The van der Waals surface area contributed by atoms with Crippen LogP contribution in [0.1, 0.15) is 99.8 Å². The lowest BCUT2D eigenvalue weighted by molar-refractivity contribution is -0.00523. The number of hydrogen-bond acceptors (Lipinski definition) is 9. The van der Waals surface area contributed by atoms with Crippen LogP contribution in [0, 0.1) is 23.5 Å². The summed E-state index contributed by atoms with van der Waals surface area (Å²) in [6.45, 7) is 15.7. The number of pyridine rings is 1.